The van der Waals surface area contributed by atoms with Crippen molar-refractivity contribution in [3.05, 3.63) is 42.0 Å². The minimum atomic E-state index is 0.137. The average molecular weight is 327 g/mol. The standard InChI is InChI=1S/C20H29N3O/c1-21-19(23-16-9-3-4-10-16)22-15-20(13-7-8-14-20)17-11-5-6-12-18(17)24-2/h3-6,11-12,16H,7-10,13-15H2,1-2H3,(H2,21,22,23). The number of ether oxygens (including phenoxy) is 1. The molecule has 24 heavy (non-hydrogen) atoms. The highest BCUT2D eigenvalue weighted by atomic mass is 16.5. The Kier molecular flexibility index (Phi) is 5.44. The van der Waals surface area contributed by atoms with Crippen LogP contribution >= 0.6 is 0 Å². The first-order chi connectivity index (χ1) is 11.8. The van der Waals surface area contributed by atoms with Gasteiger partial charge in [0.05, 0.1) is 7.11 Å². The lowest BCUT2D eigenvalue weighted by atomic mass is 9.78. The third-order valence-corrected chi connectivity index (χ3v) is 5.41. The van der Waals surface area contributed by atoms with Gasteiger partial charge in [-0.15, -0.1) is 0 Å². The lowest BCUT2D eigenvalue weighted by molar-refractivity contribution is 0.371. The summed E-state index contributed by atoms with van der Waals surface area (Å²) in [4.78, 5) is 4.42. The first-order valence-corrected chi connectivity index (χ1v) is 9.03. The molecule has 0 spiro atoms. The summed E-state index contributed by atoms with van der Waals surface area (Å²) in [6.07, 6.45) is 11.6. The molecule has 4 nitrogen and oxygen atoms in total. The molecule has 1 aromatic carbocycles. The molecular formula is C20H29N3O. The van der Waals surface area contributed by atoms with Crippen LogP contribution in [0.25, 0.3) is 0 Å². The summed E-state index contributed by atoms with van der Waals surface area (Å²) in [6.45, 7) is 0.896. The molecule has 1 aromatic rings. The summed E-state index contributed by atoms with van der Waals surface area (Å²) in [5, 5.41) is 7.12. The van der Waals surface area contributed by atoms with E-state index in [2.05, 4.69) is 46.0 Å². The number of hydrogen-bond acceptors (Lipinski definition) is 2. The van der Waals surface area contributed by atoms with Crippen molar-refractivity contribution in [1.29, 1.82) is 0 Å². The summed E-state index contributed by atoms with van der Waals surface area (Å²) in [7, 11) is 3.62. The molecule has 0 aliphatic heterocycles. The monoisotopic (exact) mass is 327 g/mol. The van der Waals surface area contributed by atoms with Gasteiger partial charge in [-0.3, -0.25) is 4.99 Å². The molecule has 1 saturated carbocycles. The van der Waals surface area contributed by atoms with E-state index in [-0.39, 0.29) is 5.41 Å². The van der Waals surface area contributed by atoms with Gasteiger partial charge in [-0.1, -0.05) is 43.2 Å². The summed E-state index contributed by atoms with van der Waals surface area (Å²) >= 11 is 0. The van der Waals surface area contributed by atoms with Crippen molar-refractivity contribution in [2.24, 2.45) is 4.99 Å². The van der Waals surface area contributed by atoms with E-state index in [1.807, 2.05) is 13.1 Å². The number of nitrogens with one attached hydrogen (secondary N) is 2. The lowest BCUT2D eigenvalue weighted by Gasteiger charge is -2.32. The molecule has 2 aliphatic carbocycles. The van der Waals surface area contributed by atoms with E-state index < -0.39 is 0 Å². The van der Waals surface area contributed by atoms with Gasteiger partial charge in [-0.05, 0) is 31.7 Å². The molecule has 1 fully saturated rings. The number of para-hydroxylation sites is 1. The van der Waals surface area contributed by atoms with Crippen molar-refractivity contribution in [2.75, 3.05) is 20.7 Å². The predicted molar refractivity (Wildman–Crippen MR) is 99.8 cm³/mol. The number of rotatable bonds is 5. The minimum Gasteiger partial charge on any atom is -0.496 e. The van der Waals surface area contributed by atoms with Crippen LogP contribution in [0.1, 0.15) is 44.1 Å². The molecular weight excluding hydrogens is 298 g/mol. The average Bonchev–Trinajstić information content (AvgIpc) is 3.31. The van der Waals surface area contributed by atoms with E-state index in [4.69, 9.17) is 4.74 Å². The number of nitrogens with zero attached hydrogens (tertiary/aromatic N) is 1. The van der Waals surface area contributed by atoms with Crippen molar-refractivity contribution in [3.63, 3.8) is 0 Å². The Morgan fingerprint density at radius 1 is 1.21 bits per heavy atom. The SMILES string of the molecule is CN=C(NCC1(c2ccccc2OC)CCCC1)NC1CC=CC1. The molecule has 0 radical (unpaired) electrons. The van der Waals surface area contributed by atoms with E-state index in [0.29, 0.717) is 6.04 Å². The predicted octanol–water partition coefficient (Wildman–Crippen LogP) is 3.39. The Morgan fingerprint density at radius 3 is 2.58 bits per heavy atom. The fourth-order valence-electron chi connectivity index (χ4n) is 4.05. The largest absolute Gasteiger partial charge is 0.496 e. The first kappa shape index (κ1) is 16.9. The van der Waals surface area contributed by atoms with Crippen molar-refractivity contribution in [2.45, 2.75) is 50.0 Å². The van der Waals surface area contributed by atoms with E-state index in [0.717, 1.165) is 31.1 Å². The van der Waals surface area contributed by atoms with Crippen LogP contribution in [0.4, 0.5) is 0 Å². The van der Waals surface area contributed by atoms with E-state index in [1.165, 1.54) is 31.2 Å². The second kappa shape index (κ2) is 7.73. The van der Waals surface area contributed by atoms with Crippen LogP contribution in [0.3, 0.4) is 0 Å². The highest BCUT2D eigenvalue weighted by molar-refractivity contribution is 5.80. The molecule has 3 rings (SSSR count). The van der Waals surface area contributed by atoms with Crippen LogP contribution in [-0.2, 0) is 5.41 Å². The zero-order chi connectivity index (χ0) is 16.8. The highest BCUT2D eigenvalue weighted by Crippen LogP contribution is 2.44. The first-order valence-electron chi connectivity index (χ1n) is 9.03. The number of methoxy groups -OCH3 is 1. The van der Waals surface area contributed by atoms with Crippen LogP contribution in [0.2, 0.25) is 0 Å². The topological polar surface area (TPSA) is 45.7 Å². The van der Waals surface area contributed by atoms with Gasteiger partial charge < -0.3 is 15.4 Å². The zero-order valence-electron chi connectivity index (χ0n) is 14.8. The van der Waals surface area contributed by atoms with E-state index >= 15 is 0 Å². The molecule has 0 heterocycles. The van der Waals surface area contributed by atoms with Gasteiger partial charge in [0.25, 0.3) is 0 Å². The van der Waals surface area contributed by atoms with E-state index in [9.17, 15) is 0 Å². The maximum Gasteiger partial charge on any atom is 0.191 e. The van der Waals surface area contributed by atoms with Crippen LogP contribution in [0.15, 0.2) is 41.4 Å². The second-order valence-electron chi connectivity index (χ2n) is 6.90. The van der Waals surface area contributed by atoms with Gasteiger partial charge >= 0.3 is 0 Å². The number of guanidine groups is 1. The minimum absolute atomic E-state index is 0.137. The van der Waals surface area contributed by atoms with Crippen LogP contribution in [-0.4, -0.2) is 32.7 Å². The van der Waals surface area contributed by atoms with E-state index in [1.54, 1.807) is 7.11 Å². The molecule has 0 saturated heterocycles. The summed E-state index contributed by atoms with van der Waals surface area (Å²) in [5.74, 6) is 1.91. The fourth-order valence-corrected chi connectivity index (χ4v) is 4.05. The third-order valence-electron chi connectivity index (χ3n) is 5.41. The lowest BCUT2D eigenvalue weighted by Crippen LogP contribution is -2.47. The molecule has 2 aliphatic rings. The molecule has 130 valence electrons. The Hall–Kier alpha value is -1.97. The second-order valence-corrected chi connectivity index (χ2v) is 6.90. The Labute approximate surface area is 145 Å². The molecule has 0 amide bonds. The maximum absolute atomic E-state index is 5.64. The Morgan fingerprint density at radius 2 is 1.92 bits per heavy atom. The van der Waals surface area contributed by atoms with Crippen LogP contribution in [0.5, 0.6) is 5.75 Å². The van der Waals surface area contributed by atoms with Crippen molar-refractivity contribution < 1.29 is 4.74 Å². The molecule has 0 atom stereocenters. The normalized spacial score (nSPS) is 20.3. The zero-order valence-corrected chi connectivity index (χ0v) is 14.8. The Balaban J connectivity index is 1.71. The Bertz CT molecular complexity index is 595. The van der Waals surface area contributed by atoms with Crippen molar-refractivity contribution in [3.8, 4) is 5.75 Å². The maximum atomic E-state index is 5.64. The fraction of sp³-hybridized carbons (Fsp3) is 0.550. The van der Waals surface area contributed by atoms with Gasteiger partial charge in [-0.25, -0.2) is 0 Å². The molecule has 2 N–H and O–H groups in total. The van der Waals surface area contributed by atoms with Crippen LogP contribution < -0.4 is 15.4 Å². The van der Waals surface area contributed by atoms with Gasteiger partial charge in [-0.2, -0.15) is 0 Å². The molecule has 0 aromatic heterocycles. The smallest absolute Gasteiger partial charge is 0.191 e. The van der Waals surface area contributed by atoms with Crippen molar-refractivity contribution >= 4 is 5.96 Å². The molecule has 0 unspecified atom stereocenters. The molecule has 0 bridgehead atoms. The molecule has 4 heteroatoms. The van der Waals surface area contributed by atoms with Crippen molar-refractivity contribution in [1.82, 2.24) is 10.6 Å². The number of benzene rings is 1. The third kappa shape index (κ3) is 3.58. The summed E-state index contributed by atoms with van der Waals surface area (Å²) in [6, 6.07) is 8.94. The van der Waals surface area contributed by atoms with Gasteiger partial charge in [0.2, 0.25) is 0 Å². The van der Waals surface area contributed by atoms with Gasteiger partial charge in [0.1, 0.15) is 5.75 Å². The quantitative estimate of drug-likeness (QED) is 0.495. The number of aliphatic imine (C=N–C) groups is 1. The summed E-state index contributed by atoms with van der Waals surface area (Å²) < 4.78 is 5.64. The summed E-state index contributed by atoms with van der Waals surface area (Å²) in [5.41, 5.74) is 1.47. The number of hydrogen-bond donors (Lipinski definition) is 2. The van der Waals surface area contributed by atoms with Gasteiger partial charge in [0, 0.05) is 30.6 Å². The van der Waals surface area contributed by atoms with Gasteiger partial charge in [0.15, 0.2) is 5.96 Å². The van der Waals surface area contributed by atoms with Crippen LogP contribution in [0, 0.1) is 0 Å². The highest BCUT2D eigenvalue weighted by Gasteiger charge is 2.37.